The maximum atomic E-state index is 4.64. The average molecular weight is 394 g/mol. The van der Waals surface area contributed by atoms with Crippen molar-refractivity contribution in [2.75, 3.05) is 38.0 Å². The molecule has 4 rings (SSSR count). The molecule has 0 bridgehead atoms. The quantitative estimate of drug-likeness (QED) is 0.390. The minimum atomic E-state index is 1.02. The molecule has 1 aromatic heterocycles. The number of pyridine rings is 1. The summed E-state index contributed by atoms with van der Waals surface area (Å²) in [5.74, 6) is 0. The maximum Gasteiger partial charge on any atom is 0.0774 e. The Morgan fingerprint density at radius 3 is 1.73 bits per heavy atom. The summed E-state index contributed by atoms with van der Waals surface area (Å²) in [6.45, 7) is 0. The van der Waals surface area contributed by atoms with E-state index in [-0.39, 0.29) is 0 Å². The molecule has 0 N–H and O–H groups in total. The number of aromatic nitrogens is 1. The molecule has 0 radical (unpaired) electrons. The number of hydrogen-bond acceptors (Lipinski definition) is 3. The number of anilines is 2. The van der Waals surface area contributed by atoms with E-state index >= 15 is 0 Å². The van der Waals surface area contributed by atoms with Gasteiger partial charge in [0.15, 0.2) is 0 Å². The second-order valence-electron chi connectivity index (χ2n) is 7.86. The fourth-order valence-electron chi connectivity index (χ4n) is 3.61. The summed E-state index contributed by atoms with van der Waals surface area (Å²) in [5, 5.41) is 1.15. The van der Waals surface area contributed by atoms with Gasteiger partial charge in [-0.3, -0.25) is 4.98 Å². The largest absolute Gasteiger partial charge is 0.378 e. The lowest BCUT2D eigenvalue weighted by Gasteiger charge is -2.16. The van der Waals surface area contributed by atoms with Gasteiger partial charge >= 0.3 is 0 Å². The molecular formula is C27H27N3. The smallest absolute Gasteiger partial charge is 0.0774 e. The molecule has 0 amide bonds. The van der Waals surface area contributed by atoms with Gasteiger partial charge in [-0.1, -0.05) is 48.5 Å². The fourth-order valence-corrected chi connectivity index (χ4v) is 3.61. The van der Waals surface area contributed by atoms with Gasteiger partial charge < -0.3 is 9.80 Å². The predicted octanol–water partition coefficient (Wildman–Crippen LogP) is 5.96. The van der Waals surface area contributed by atoms with Crippen LogP contribution in [-0.2, 0) is 0 Å². The highest BCUT2D eigenvalue weighted by atomic mass is 15.1. The molecule has 0 fully saturated rings. The standard InChI is InChI=1S/C27H27N3/c1-29(2)24-14-10-20(11-15-24)26(21-12-16-25(17-13-21)30(3)4)19-23-8-5-7-22-9-6-18-28-27(22)23/h5-19H,1-4H3. The van der Waals surface area contributed by atoms with Gasteiger partial charge in [0.05, 0.1) is 5.52 Å². The van der Waals surface area contributed by atoms with Crippen LogP contribution in [0.3, 0.4) is 0 Å². The van der Waals surface area contributed by atoms with Gasteiger partial charge in [0.25, 0.3) is 0 Å². The summed E-state index contributed by atoms with van der Waals surface area (Å²) in [6, 6.07) is 27.9. The van der Waals surface area contributed by atoms with Crippen LogP contribution in [0.4, 0.5) is 11.4 Å². The summed E-state index contributed by atoms with van der Waals surface area (Å²) in [6.07, 6.45) is 4.11. The average Bonchev–Trinajstić information content (AvgIpc) is 2.77. The van der Waals surface area contributed by atoms with Crippen molar-refractivity contribution < 1.29 is 0 Å². The van der Waals surface area contributed by atoms with Crippen LogP contribution in [0.5, 0.6) is 0 Å². The van der Waals surface area contributed by atoms with Crippen LogP contribution in [0.15, 0.2) is 85.1 Å². The molecule has 0 spiro atoms. The van der Waals surface area contributed by atoms with Crippen LogP contribution < -0.4 is 9.80 Å². The number of hydrogen-bond donors (Lipinski definition) is 0. The van der Waals surface area contributed by atoms with Gasteiger partial charge in [-0.25, -0.2) is 0 Å². The van der Waals surface area contributed by atoms with Crippen LogP contribution >= 0.6 is 0 Å². The Hall–Kier alpha value is -3.59. The highest BCUT2D eigenvalue weighted by Crippen LogP contribution is 2.30. The normalized spacial score (nSPS) is 10.7. The monoisotopic (exact) mass is 393 g/mol. The molecule has 0 aliphatic heterocycles. The topological polar surface area (TPSA) is 19.4 Å². The molecule has 0 unspecified atom stereocenters. The van der Waals surface area contributed by atoms with Crippen molar-refractivity contribution in [2.45, 2.75) is 0 Å². The zero-order chi connectivity index (χ0) is 21.1. The Morgan fingerprint density at radius 2 is 1.20 bits per heavy atom. The first kappa shape index (κ1) is 19.7. The lowest BCUT2D eigenvalue weighted by Crippen LogP contribution is -2.08. The van der Waals surface area contributed by atoms with E-state index in [2.05, 4.69) is 122 Å². The van der Waals surface area contributed by atoms with E-state index in [0.29, 0.717) is 0 Å². The molecule has 3 heteroatoms. The summed E-state index contributed by atoms with van der Waals surface area (Å²) < 4.78 is 0. The minimum absolute atomic E-state index is 1.02. The van der Waals surface area contributed by atoms with Crippen LogP contribution in [-0.4, -0.2) is 33.2 Å². The third-order valence-corrected chi connectivity index (χ3v) is 5.35. The first-order valence-corrected chi connectivity index (χ1v) is 10.1. The molecule has 0 aliphatic carbocycles. The number of fused-ring (bicyclic) bond motifs is 1. The zero-order valence-electron chi connectivity index (χ0n) is 18.0. The molecule has 30 heavy (non-hydrogen) atoms. The van der Waals surface area contributed by atoms with Gasteiger partial charge in [0.1, 0.15) is 0 Å². The van der Waals surface area contributed by atoms with E-state index in [1.807, 2.05) is 12.3 Å². The van der Waals surface area contributed by atoms with Crippen molar-refractivity contribution >= 4 is 33.9 Å². The van der Waals surface area contributed by atoms with E-state index in [0.717, 1.165) is 16.5 Å². The zero-order valence-corrected chi connectivity index (χ0v) is 18.0. The first-order valence-electron chi connectivity index (χ1n) is 10.1. The molecule has 0 atom stereocenters. The molecule has 0 aliphatic rings. The predicted molar refractivity (Wildman–Crippen MR) is 130 cm³/mol. The molecule has 1 heterocycles. The van der Waals surface area contributed by atoms with Gasteiger partial charge in [0.2, 0.25) is 0 Å². The first-order chi connectivity index (χ1) is 14.5. The van der Waals surface area contributed by atoms with Crippen LogP contribution in [0.2, 0.25) is 0 Å². The van der Waals surface area contributed by atoms with E-state index < -0.39 is 0 Å². The highest BCUT2D eigenvalue weighted by molar-refractivity contribution is 5.97. The van der Waals surface area contributed by atoms with E-state index in [1.165, 1.54) is 28.1 Å². The molecule has 3 nitrogen and oxygen atoms in total. The fraction of sp³-hybridized carbons (Fsp3) is 0.148. The molecular weight excluding hydrogens is 366 g/mol. The Bertz CT molecular complexity index is 1110. The Balaban J connectivity index is 1.87. The second-order valence-corrected chi connectivity index (χ2v) is 7.86. The lowest BCUT2D eigenvalue weighted by atomic mass is 9.94. The summed E-state index contributed by atoms with van der Waals surface area (Å²) in [5.41, 5.74) is 8.07. The molecule has 3 aromatic carbocycles. The molecule has 4 aromatic rings. The van der Waals surface area contributed by atoms with Gasteiger partial charge in [-0.15, -0.1) is 0 Å². The van der Waals surface area contributed by atoms with Crippen LogP contribution in [0, 0.1) is 0 Å². The van der Waals surface area contributed by atoms with Gasteiger partial charge in [-0.2, -0.15) is 0 Å². The van der Waals surface area contributed by atoms with Crippen molar-refractivity contribution in [1.82, 2.24) is 4.98 Å². The SMILES string of the molecule is CN(C)c1ccc(C(=Cc2cccc3cccnc23)c2ccc(N(C)C)cc2)cc1. The number of benzene rings is 3. The Labute approximate surface area is 178 Å². The van der Waals surface area contributed by atoms with Gasteiger partial charge in [0, 0.05) is 56.7 Å². The van der Waals surface area contributed by atoms with Crippen molar-refractivity contribution in [3.63, 3.8) is 0 Å². The molecule has 0 saturated heterocycles. The van der Waals surface area contributed by atoms with Crippen LogP contribution in [0.25, 0.3) is 22.6 Å². The summed E-state index contributed by atoms with van der Waals surface area (Å²) >= 11 is 0. The molecule has 150 valence electrons. The second kappa shape index (κ2) is 8.42. The molecule has 0 saturated carbocycles. The summed E-state index contributed by atoms with van der Waals surface area (Å²) in [7, 11) is 8.25. The highest BCUT2D eigenvalue weighted by Gasteiger charge is 2.09. The third-order valence-electron chi connectivity index (χ3n) is 5.35. The number of para-hydroxylation sites is 1. The van der Waals surface area contributed by atoms with Crippen molar-refractivity contribution in [1.29, 1.82) is 0 Å². The van der Waals surface area contributed by atoms with E-state index in [4.69, 9.17) is 0 Å². The van der Waals surface area contributed by atoms with Crippen molar-refractivity contribution in [3.8, 4) is 0 Å². The van der Waals surface area contributed by atoms with E-state index in [9.17, 15) is 0 Å². The number of rotatable bonds is 5. The number of nitrogens with zero attached hydrogens (tertiary/aromatic N) is 3. The summed E-state index contributed by atoms with van der Waals surface area (Å²) in [4.78, 5) is 8.88. The van der Waals surface area contributed by atoms with Crippen molar-refractivity contribution in [2.24, 2.45) is 0 Å². The van der Waals surface area contributed by atoms with Gasteiger partial charge in [-0.05, 0) is 53.1 Å². The Morgan fingerprint density at radius 1 is 0.667 bits per heavy atom. The maximum absolute atomic E-state index is 4.64. The lowest BCUT2D eigenvalue weighted by molar-refractivity contribution is 1.13. The minimum Gasteiger partial charge on any atom is -0.378 e. The third kappa shape index (κ3) is 4.06. The Kier molecular flexibility index (Phi) is 5.53. The van der Waals surface area contributed by atoms with Crippen LogP contribution in [0.1, 0.15) is 16.7 Å². The van der Waals surface area contributed by atoms with Crippen molar-refractivity contribution in [3.05, 3.63) is 102 Å². The van der Waals surface area contributed by atoms with E-state index in [1.54, 1.807) is 0 Å².